The highest BCUT2D eigenvalue weighted by molar-refractivity contribution is 9.10. The molecule has 0 aliphatic carbocycles. The number of aromatic nitrogens is 2. The second-order valence-corrected chi connectivity index (χ2v) is 5.38. The third-order valence-corrected chi connectivity index (χ3v) is 3.14. The van der Waals surface area contributed by atoms with Gasteiger partial charge in [-0.1, -0.05) is 41.9 Å². The standard InChI is InChI=1S/C14H16BrN3/c1-10(2)13-7-14(18-9-17-13)16-8-11-4-3-5-12(15)6-11/h3-7,9-10H,8H2,1-2H3,(H,16,17,18). The van der Waals surface area contributed by atoms with E-state index in [0.29, 0.717) is 5.92 Å². The molecule has 3 nitrogen and oxygen atoms in total. The highest BCUT2D eigenvalue weighted by Gasteiger charge is 2.02. The number of hydrogen-bond donors (Lipinski definition) is 1. The summed E-state index contributed by atoms with van der Waals surface area (Å²) < 4.78 is 1.09. The Morgan fingerprint density at radius 1 is 1.22 bits per heavy atom. The lowest BCUT2D eigenvalue weighted by molar-refractivity contribution is 0.814. The van der Waals surface area contributed by atoms with E-state index < -0.39 is 0 Å². The molecular weight excluding hydrogens is 290 g/mol. The number of benzene rings is 1. The summed E-state index contributed by atoms with van der Waals surface area (Å²) in [7, 11) is 0. The van der Waals surface area contributed by atoms with E-state index in [1.807, 2.05) is 18.2 Å². The van der Waals surface area contributed by atoms with E-state index in [1.54, 1.807) is 6.33 Å². The van der Waals surface area contributed by atoms with Gasteiger partial charge in [0.05, 0.1) is 0 Å². The van der Waals surface area contributed by atoms with Gasteiger partial charge in [-0.2, -0.15) is 0 Å². The van der Waals surface area contributed by atoms with Gasteiger partial charge in [0.2, 0.25) is 0 Å². The van der Waals surface area contributed by atoms with E-state index in [0.717, 1.165) is 22.5 Å². The van der Waals surface area contributed by atoms with Crippen molar-refractivity contribution in [1.82, 2.24) is 9.97 Å². The summed E-state index contributed by atoms with van der Waals surface area (Å²) in [6, 6.07) is 10.2. The summed E-state index contributed by atoms with van der Waals surface area (Å²) in [5.41, 5.74) is 2.27. The van der Waals surface area contributed by atoms with Gasteiger partial charge in [-0.3, -0.25) is 0 Å². The third-order valence-electron chi connectivity index (χ3n) is 2.64. The van der Waals surface area contributed by atoms with Crippen molar-refractivity contribution in [2.24, 2.45) is 0 Å². The average molecular weight is 306 g/mol. The van der Waals surface area contributed by atoms with Crippen LogP contribution in [0.1, 0.15) is 31.0 Å². The first kappa shape index (κ1) is 13.0. The molecule has 0 atom stereocenters. The molecule has 94 valence electrons. The van der Waals surface area contributed by atoms with Crippen molar-refractivity contribution in [1.29, 1.82) is 0 Å². The fourth-order valence-electron chi connectivity index (χ4n) is 1.62. The molecule has 2 aromatic rings. The van der Waals surface area contributed by atoms with Crippen LogP contribution >= 0.6 is 15.9 Å². The van der Waals surface area contributed by atoms with Crippen molar-refractivity contribution in [2.75, 3.05) is 5.32 Å². The molecule has 0 spiro atoms. The Morgan fingerprint density at radius 3 is 2.78 bits per heavy atom. The van der Waals surface area contributed by atoms with Crippen molar-refractivity contribution in [3.05, 3.63) is 52.4 Å². The van der Waals surface area contributed by atoms with Gasteiger partial charge in [0, 0.05) is 22.8 Å². The number of halogens is 1. The largest absolute Gasteiger partial charge is 0.366 e. The molecule has 0 unspecified atom stereocenters. The molecule has 1 N–H and O–H groups in total. The maximum absolute atomic E-state index is 4.25. The van der Waals surface area contributed by atoms with E-state index >= 15 is 0 Å². The molecule has 1 aromatic heterocycles. The zero-order valence-electron chi connectivity index (χ0n) is 10.5. The van der Waals surface area contributed by atoms with Crippen LogP contribution in [0.25, 0.3) is 0 Å². The molecule has 0 saturated heterocycles. The molecule has 2 rings (SSSR count). The molecule has 18 heavy (non-hydrogen) atoms. The van der Waals surface area contributed by atoms with Crippen molar-refractivity contribution >= 4 is 21.7 Å². The Bertz CT molecular complexity index is 526. The minimum atomic E-state index is 0.416. The quantitative estimate of drug-likeness (QED) is 0.928. The monoisotopic (exact) mass is 305 g/mol. The fraction of sp³-hybridized carbons (Fsp3) is 0.286. The number of rotatable bonds is 4. The van der Waals surface area contributed by atoms with E-state index in [4.69, 9.17) is 0 Å². The summed E-state index contributed by atoms with van der Waals surface area (Å²) in [5, 5.41) is 3.31. The van der Waals surface area contributed by atoms with E-state index in [1.165, 1.54) is 5.56 Å². The van der Waals surface area contributed by atoms with Gasteiger partial charge >= 0.3 is 0 Å². The molecule has 0 saturated carbocycles. The Balaban J connectivity index is 2.04. The lowest BCUT2D eigenvalue weighted by Gasteiger charge is -2.08. The van der Waals surface area contributed by atoms with Crippen molar-refractivity contribution in [2.45, 2.75) is 26.3 Å². The summed E-state index contributed by atoms with van der Waals surface area (Å²) >= 11 is 3.47. The number of hydrogen-bond acceptors (Lipinski definition) is 3. The predicted octanol–water partition coefficient (Wildman–Crippen LogP) is 3.97. The van der Waals surface area contributed by atoms with Crippen molar-refractivity contribution in [3.63, 3.8) is 0 Å². The number of anilines is 1. The van der Waals surface area contributed by atoms with Crippen molar-refractivity contribution in [3.8, 4) is 0 Å². The zero-order valence-corrected chi connectivity index (χ0v) is 12.1. The van der Waals surface area contributed by atoms with Gasteiger partial charge in [-0.05, 0) is 23.6 Å². The predicted molar refractivity (Wildman–Crippen MR) is 77.6 cm³/mol. The van der Waals surface area contributed by atoms with Gasteiger partial charge in [0.25, 0.3) is 0 Å². The average Bonchev–Trinajstić information content (AvgIpc) is 2.37. The Morgan fingerprint density at radius 2 is 2.06 bits per heavy atom. The Labute approximate surface area is 116 Å². The van der Waals surface area contributed by atoms with E-state index in [2.05, 4.69) is 57.2 Å². The lowest BCUT2D eigenvalue weighted by atomic mass is 10.1. The maximum Gasteiger partial charge on any atom is 0.129 e. The minimum Gasteiger partial charge on any atom is -0.366 e. The van der Waals surface area contributed by atoms with Crippen LogP contribution in [-0.2, 0) is 6.54 Å². The second-order valence-electron chi connectivity index (χ2n) is 4.47. The number of nitrogens with one attached hydrogen (secondary N) is 1. The molecule has 1 heterocycles. The normalized spacial score (nSPS) is 10.7. The van der Waals surface area contributed by atoms with Crippen LogP contribution in [0.4, 0.5) is 5.82 Å². The van der Waals surface area contributed by atoms with E-state index in [-0.39, 0.29) is 0 Å². The van der Waals surface area contributed by atoms with Gasteiger partial charge in [-0.25, -0.2) is 9.97 Å². The Kier molecular flexibility index (Phi) is 4.31. The van der Waals surface area contributed by atoms with Crippen LogP contribution in [-0.4, -0.2) is 9.97 Å². The molecule has 0 fully saturated rings. The lowest BCUT2D eigenvalue weighted by Crippen LogP contribution is -2.03. The van der Waals surface area contributed by atoms with Crippen molar-refractivity contribution < 1.29 is 0 Å². The first-order chi connectivity index (χ1) is 8.65. The molecule has 0 amide bonds. The maximum atomic E-state index is 4.25. The fourth-order valence-corrected chi connectivity index (χ4v) is 2.07. The van der Waals surface area contributed by atoms with Gasteiger partial charge in [0.1, 0.15) is 12.1 Å². The topological polar surface area (TPSA) is 37.8 Å². The summed E-state index contributed by atoms with van der Waals surface area (Å²) in [6.07, 6.45) is 1.61. The van der Waals surface area contributed by atoms with Crippen LogP contribution in [0.15, 0.2) is 41.1 Å². The molecule has 0 radical (unpaired) electrons. The van der Waals surface area contributed by atoms with Crippen LogP contribution < -0.4 is 5.32 Å². The van der Waals surface area contributed by atoms with E-state index in [9.17, 15) is 0 Å². The number of nitrogens with zero attached hydrogens (tertiary/aromatic N) is 2. The zero-order chi connectivity index (χ0) is 13.0. The second kappa shape index (κ2) is 5.96. The third kappa shape index (κ3) is 3.53. The van der Waals surface area contributed by atoms with Gasteiger partial charge < -0.3 is 5.32 Å². The highest BCUT2D eigenvalue weighted by Crippen LogP contribution is 2.15. The first-order valence-corrected chi connectivity index (χ1v) is 6.74. The molecular formula is C14H16BrN3. The smallest absolute Gasteiger partial charge is 0.129 e. The SMILES string of the molecule is CC(C)c1cc(NCc2cccc(Br)c2)ncn1. The van der Waals surface area contributed by atoms with Crippen LogP contribution in [0.2, 0.25) is 0 Å². The molecule has 0 aliphatic rings. The Hall–Kier alpha value is -1.42. The minimum absolute atomic E-state index is 0.416. The van der Waals surface area contributed by atoms with Gasteiger partial charge in [0.15, 0.2) is 0 Å². The summed E-state index contributed by atoms with van der Waals surface area (Å²) in [6.45, 7) is 5.01. The summed E-state index contributed by atoms with van der Waals surface area (Å²) in [4.78, 5) is 8.47. The van der Waals surface area contributed by atoms with Crippen LogP contribution in [0.3, 0.4) is 0 Å². The van der Waals surface area contributed by atoms with Gasteiger partial charge in [-0.15, -0.1) is 0 Å². The first-order valence-electron chi connectivity index (χ1n) is 5.95. The molecule has 0 bridgehead atoms. The molecule has 4 heteroatoms. The molecule has 1 aromatic carbocycles. The van der Waals surface area contributed by atoms with Crippen LogP contribution in [0, 0.1) is 0 Å². The summed E-state index contributed by atoms with van der Waals surface area (Å²) in [5.74, 6) is 1.29. The van der Waals surface area contributed by atoms with Crippen LogP contribution in [0.5, 0.6) is 0 Å². The molecule has 0 aliphatic heterocycles. The highest BCUT2D eigenvalue weighted by atomic mass is 79.9.